The highest BCUT2D eigenvalue weighted by Gasteiger charge is 2.38. The summed E-state index contributed by atoms with van der Waals surface area (Å²) in [5.41, 5.74) is 5.24. The molecule has 0 radical (unpaired) electrons. The topological polar surface area (TPSA) is 133 Å². The number of amides is 3. The van der Waals surface area contributed by atoms with Gasteiger partial charge in [-0.3, -0.25) is 14.5 Å². The highest BCUT2D eigenvalue weighted by atomic mass is 32.2. The summed E-state index contributed by atoms with van der Waals surface area (Å²) in [7, 11) is 0. The summed E-state index contributed by atoms with van der Waals surface area (Å²) in [5, 5.41) is 9.37. The van der Waals surface area contributed by atoms with Crippen LogP contribution >= 0.6 is 11.8 Å². The first-order chi connectivity index (χ1) is 15.6. The van der Waals surface area contributed by atoms with Gasteiger partial charge in [-0.1, -0.05) is 0 Å². The smallest absolute Gasteiger partial charge is 0.411 e. The van der Waals surface area contributed by atoms with Crippen molar-refractivity contribution in [2.24, 2.45) is 5.73 Å². The molecule has 0 spiro atoms. The third-order valence-corrected chi connectivity index (χ3v) is 6.59. The molecule has 3 amide bonds. The van der Waals surface area contributed by atoms with E-state index in [2.05, 4.69) is 11.1 Å². The molecule has 1 aromatic rings. The molecular weight excluding hydrogens is 444 g/mol. The van der Waals surface area contributed by atoms with E-state index >= 15 is 0 Å². The van der Waals surface area contributed by atoms with E-state index in [0.29, 0.717) is 48.9 Å². The molecule has 0 bridgehead atoms. The van der Waals surface area contributed by atoms with Gasteiger partial charge in [0, 0.05) is 31.1 Å². The molecule has 178 valence electrons. The van der Waals surface area contributed by atoms with Crippen LogP contribution in [0.3, 0.4) is 0 Å². The van der Waals surface area contributed by atoms with Crippen molar-refractivity contribution in [3.8, 4) is 6.07 Å². The molecule has 2 aliphatic heterocycles. The quantitative estimate of drug-likeness (QED) is 0.680. The average Bonchev–Trinajstić information content (AvgIpc) is 3.27. The predicted octanol–water partition coefficient (Wildman–Crippen LogP) is 1.55. The number of nitrogens with two attached hydrogens (primary N) is 1. The molecule has 0 aliphatic carbocycles. The summed E-state index contributed by atoms with van der Waals surface area (Å²) in [5.74, 6) is 0.570. The van der Waals surface area contributed by atoms with E-state index in [1.807, 2.05) is 4.90 Å². The van der Waals surface area contributed by atoms with Gasteiger partial charge in [0.2, 0.25) is 11.8 Å². The summed E-state index contributed by atoms with van der Waals surface area (Å²) in [4.78, 5) is 47.1. The van der Waals surface area contributed by atoms with Gasteiger partial charge in [-0.25, -0.2) is 9.78 Å². The number of piperidine rings is 1. The highest BCUT2D eigenvalue weighted by molar-refractivity contribution is 7.99. The van der Waals surface area contributed by atoms with Crippen molar-refractivity contribution in [2.75, 3.05) is 36.2 Å². The normalized spacial score (nSPS) is 19.2. The van der Waals surface area contributed by atoms with Crippen molar-refractivity contribution in [3.05, 3.63) is 23.9 Å². The van der Waals surface area contributed by atoms with Crippen LogP contribution < -0.4 is 10.6 Å². The second kappa shape index (κ2) is 10.3. The molecule has 1 unspecified atom stereocenters. The first-order valence-corrected chi connectivity index (χ1v) is 12.0. The van der Waals surface area contributed by atoms with Gasteiger partial charge in [0.15, 0.2) is 0 Å². The number of rotatable bonds is 5. The summed E-state index contributed by atoms with van der Waals surface area (Å²) < 4.78 is 5.59. The first-order valence-electron chi connectivity index (χ1n) is 10.9. The third kappa shape index (κ3) is 6.07. The van der Waals surface area contributed by atoms with E-state index in [-0.39, 0.29) is 18.5 Å². The molecule has 2 N–H and O–H groups in total. The Bertz CT molecular complexity index is 936. The van der Waals surface area contributed by atoms with Crippen LogP contribution in [0.15, 0.2) is 18.3 Å². The van der Waals surface area contributed by atoms with Crippen molar-refractivity contribution >= 4 is 35.5 Å². The lowest BCUT2D eigenvalue weighted by atomic mass is 10.0. The van der Waals surface area contributed by atoms with Gasteiger partial charge in [-0.05, 0) is 45.7 Å². The standard InChI is InChI=1S/C22H30N6O4S/c1-22(2,3)32-21(31)27(12-18(29)28-14-33-13-17(28)19(24)30)16-6-9-26(10-7-16)20-15(11-23)5-4-8-25-20/h4-5,8,16-17H,6-7,9-10,12-14H2,1-3H3,(H2,24,30). The molecule has 1 atom stereocenters. The van der Waals surface area contributed by atoms with E-state index in [1.165, 1.54) is 21.6 Å². The number of nitrogens with zero attached hydrogens (tertiary/aromatic N) is 5. The molecule has 33 heavy (non-hydrogen) atoms. The van der Waals surface area contributed by atoms with Crippen molar-refractivity contribution in [2.45, 2.75) is 51.3 Å². The lowest BCUT2D eigenvalue weighted by molar-refractivity contribution is -0.138. The van der Waals surface area contributed by atoms with Crippen LogP contribution in [0, 0.1) is 11.3 Å². The number of hydrogen-bond donors (Lipinski definition) is 1. The van der Waals surface area contributed by atoms with Crippen LogP contribution in [-0.4, -0.2) is 81.6 Å². The van der Waals surface area contributed by atoms with Crippen LogP contribution in [0.25, 0.3) is 0 Å². The molecule has 3 heterocycles. The summed E-state index contributed by atoms with van der Waals surface area (Å²) >= 11 is 1.46. The zero-order valence-corrected chi connectivity index (χ0v) is 20.0. The summed E-state index contributed by atoms with van der Waals surface area (Å²) in [6.45, 7) is 6.30. The molecule has 1 aromatic heterocycles. The molecule has 10 nitrogen and oxygen atoms in total. The number of thioether (sulfide) groups is 1. The van der Waals surface area contributed by atoms with E-state index in [1.54, 1.807) is 39.1 Å². The Labute approximate surface area is 198 Å². The minimum absolute atomic E-state index is 0.184. The number of nitriles is 1. The maximum atomic E-state index is 13.1. The fourth-order valence-electron chi connectivity index (χ4n) is 3.95. The average molecular weight is 475 g/mol. The van der Waals surface area contributed by atoms with E-state index in [0.717, 1.165) is 0 Å². The van der Waals surface area contributed by atoms with Gasteiger partial charge in [-0.2, -0.15) is 5.26 Å². The monoisotopic (exact) mass is 474 g/mol. The molecule has 3 rings (SSSR count). The second-order valence-corrected chi connectivity index (χ2v) is 10.1. The van der Waals surface area contributed by atoms with Crippen LogP contribution in [0.4, 0.5) is 10.6 Å². The Morgan fingerprint density at radius 2 is 2.03 bits per heavy atom. The number of hydrogen-bond acceptors (Lipinski definition) is 8. The Morgan fingerprint density at radius 1 is 1.33 bits per heavy atom. The number of pyridine rings is 1. The molecule has 2 fully saturated rings. The van der Waals surface area contributed by atoms with Crippen LogP contribution in [-0.2, 0) is 14.3 Å². The molecule has 0 saturated carbocycles. The second-order valence-electron chi connectivity index (χ2n) is 9.09. The lowest BCUT2D eigenvalue weighted by Gasteiger charge is -2.39. The van der Waals surface area contributed by atoms with Gasteiger partial charge >= 0.3 is 6.09 Å². The van der Waals surface area contributed by atoms with Gasteiger partial charge in [-0.15, -0.1) is 11.8 Å². The van der Waals surface area contributed by atoms with E-state index < -0.39 is 23.6 Å². The van der Waals surface area contributed by atoms with Crippen molar-refractivity contribution in [1.82, 2.24) is 14.8 Å². The Hall–Kier alpha value is -3.00. The Kier molecular flexibility index (Phi) is 7.68. The minimum atomic E-state index is -0.714. The van der Waals surface area contributed by atoms with Crippen molar-refractivity contribution in [1.29, 1.82) is 5.26 Å². The largest absolute Gasteiger partial charge is 0.444 e. The number of primary amides is 1. The molecule has 11 heteroatoms. The van der Waals surface area contributed by atoms with Crippen LogP contribution in [0.5, 0.6) is 0 Å². The van der Waals surface area contributed by atoms with Gasteiger partial charge in [0.1, 0.15) is 30.1 Å². The highest BCUT2D eigenvalue weighted by Crippen LogP contribution is 2.26. The molecule has 2 aliphatic rings. The van der Waals surface area contributed by atoms with Crippen molar-refractivity contribution < 1.29 is 19.1 Å². The first kappa shape index (κ1) is 24.6. The fourth-order valence-corrected chi connectivity index (χ4v) is 5.14. The summed E-state index contributed by atoms with van der Waals surface area (Å²) in [6.07, 6.45) is 2.26. The molecule has 0 aromatic carbocycles. The maximum absolute atomic E-state index is 13.1. The van der Waals surface area contributed by atoms with E-state index in [9.17, 15) is 19.6 Å². The fraction of sp³-hybridized carbons (Fsp3) is 0.591. The van der Waals surface area contributed by atoms with Gasteiger partial charge in [0.05, 0.1) is 11.4 Å². The lowest BCUT2D eigenvalue weighted by Crippen LogP contribution is -2.54. The third-order valence-electron chi connectivity index (χ3n) is 5.58. The SMILES string of the molecule is CC(C)(C)OC(=O)N(CC(=O)N1CSCC1C(N)=O)C1CCN(c2ncccc2C#N)CC1. The number of ether oxygens (including phenoxy) is 1. The van der Waals surface area contributed by atoms with E-state index in [4.69, 9.17) is 10.5 Å². The van der Waals surface area contributed by atoms with Gasteiger partial charge < -0.3 is 20.3 Å². The Balaban J connectivity index is 1.73. The number of aromatic nitrogens is 1. The maximum Gasteiger partial charge on any atom is 0.411 e. The molecular formula is C22H30N6O4S. The van der Waals surface area contributed by atoms with Crippen LogP contribution in [0.2, 0.25) is 0 Å². The number of anilines is 1. The number of carbonyl (C=O) groups is 3. The van der Waals surface area contributed by atoms with Crippen molar-refractivity contribution in [3.63, 3.8) is 0 Å². The minimum Gasteiger partial charge on any atom is -0.444 e. The summed E-state index contributed by atoms with van der Waals surface area (Å²) in [6, 6.07) is 4.72. The molecule has 2 saturated heterocycles. The zero-order chi connectivity index (χ0) is 24.2. The van der Waals surface area contributed by atoms with Gasteiger partial charge in [0.25, 0.3) is 0 Å². The zero-order valence-electron chi connectivity index (χ0n) is 19.2. The Morgan fingerprint density at radius 3 is 2.64 bits per heavy atom. The van der Waals surface area contributed by atoms with Crippen LogP contribution in [0.1, 0.15) is 39.2 Å². The predicted molar refractivity (Wildman–Crippen MR) is 124 cm³/mol. The number of carbonyl (C=O) groups excluding carboxylic acids is 3.